The maximum atomic E-state index is 10.4. The number of hydrogen-bond donors (Lipinski definition) is 1. The first-order chi connectivity index (χ1) is 14.0. The van der Waals surface area contributed by atoms with Crippen molar-refractivity contribution in [1.82, 2.24) is 10.3 Å². The van der Waals surface area contributed by atoms with Crippen molar-refractivity contribution < 1.29 is 9.21 Å². The zero-order valence-electron chi connectivity index (χ0n) is 16.5. The van der Waals surface area contributed by atoms with E-state index in [1.165, 1.54) is 41.8 Å². The second-order valence-electron chi connectivity index (χ2n) is 8.49. The van der Waals surface area contributed by atoms with Crippen molar-refractivity contribution in [3.8, 4) is 0 Å². The smallest absolute Gasteiger partial charge is 0.185 e. The Kier molecular flexibility index (Phi) is 4.74. The highest BCUT2D eigenvalue weighted by molar-refractivity contribution is 9.10. The Balaban J connectivity index is 0.000000134. The van der Waals surface area contributed by atoms with Crippen LogP contribution in [-0.2, 0) is 10.2 Å². The monoisotopic (exact) mass is 490 g/mol. The molecule has 3 aromatic rings. The zero-order valence-corrected chi connectivity index (χ0v) is 19.7. The topological polar surface area (TPSA) is 55.1 Å². The number of carbonyl (C=O) groups is 1. The summed E-state index contributed by atoms with van der Waals surface area (Å²) in [6, 6.07) is 10.0. The minimum atomic E-state index is 0.196. The summed E-state index contributed by atoms with van der Waals surface area (Å²) in [4.78, 5) is 15.2. The Labute approximate surface area is 187 Å². The minimum Gasteiger partial charge on any atom is -0.457 e. The second kappa shape index (κ2) is 6.94. The fourth-order valence-electron chi connectivity index (χ4n) is 4.73. The van der Waals surface area contributed by atoms with E-state index >= 15 is 0 Å². The molecule has 4 fully saturated rings. The lowest BCUT2D eigenvalue weighted by atomic mass is 9.39. The molecule has 7 rings (SSSR count). The molecule has 4 aliphatic rings. The van der Waals surface area contributed by atoms with Crippen molar-refractivity contribution in [2.75, 3.05) is 13.3 Å². The summed E-state index contributed by atoms with van der Waals surface area (Å²) >= 11 is 7.19. The quantitative estimate of drug-likeness (QED) is 0.451. The van der Waals surface area contributed by atoms with Gasteiger partial charge in [0.15, 0.2) is 12.0 Å². The maximum Gasteiger partial charge on any atom is 0.185 e. The fourth-order valence-corrected chi connectivity index (χ4v) is 7.03. The van der Waals surface area contributed by atoms with Gasteiger partial charge in [0.25, 0.3) is 0 Å². The van der Waals surface area contributed by atoms with Gasteiger partial charge in [-0.1, -0.05) is 15.9 Å². The normalized spacial score (nSPS) is 28.1. The largest absolute Gasteiger partial charge is 0.457 e. The molecule has 2 bridgehead atoms. The Bertz CT molecular complexity index is 1070. The third-order valence-electron chi connectivity index (χ3n) is 6.65. The van der Waals surface area contributed by atoms with Crippen LogP contribution in [0.5, 0.6) is 0 Å². The van der Waals surface area contributed by atoms with E-state index in [1.54, 1.807) is 17.8 Å². The number of aldehydes is 1. The third-order valence-corrected chi connectivity index (χ3v) is 9.82. The molecular formula is C22H23BrN2O2S2. The number of furan rings is 1. The van der Waals surface area contributed by atoms with Crippen LogP contribution in [0.25, 0.3) is 10.2 Å². The van der Waals surface area contributed by atoms with Crippen LogP contribution in [-0.4, -0.2) is 30.1 Å². The number of nitrogens with one attached hydrogen (secondary N) is 1. The van der Waals surface area contributed by atoms with Gasteiger partial charge in [-0.2, -0.15) is 11.8 Å². The van der Waals surface area contributed by atoms with E-state index in [0.29, 0.717) is 16.7 Å². The predicted octanol–water partition coefficient (Wildman–Crippen LogP) is 5.90. The Morgan fingerprint density at radius 1 is 1.24 bits per heavy atom. The van der Waals surface area contributed by atoms with Crippen LogP contribution in [0, 0.1) is 0 Å². The number of thioether (sulfide) groups is 1. The fraction of sp³-hybridized carbons (Fsp3) is 0.455. The first-order valence-corrected chi connectivity index (χ1v) is 12.7. The predicted molar refractivity (Wildman–Crippen MR) is 123 cm³/mol. The van der Waals surface area contributed by atoms with E-state index in [4.69, 9.17) is 9.40 Å². The highest BCUT2D eigenvalue weighted by Crippen LogP contribution is 2.68. The lowest BCUT2D eigenvalue weighted by Gasteiger charge is -2.69. The van der Waals surface area contributed by atoms with Crippen LogP contribution in [0.1, 0.15) is 53.4 Å². The molecule has 1 aromatic carbocycles. The van der Waals surface area contributed by atoms with Gasteiger partial charge in [-0.25, -0.2) is 4.98 Å². The molecule has 2 aromatic heterocycles. The number of carbonyl (C=O) groups excluding carboxylic acids is 1. The molecule has 0 saturated heterocycles. The summed E-state index contributed by atoms with van der Waals surface area (Å²) in [5.41, 5.74) is 2.01. The molecule has 2 heterocycles. The van der Waals surface area contributed by atoms with E-state index in [-0.39, 0.29) is 4.75 Å². The van der Waals surface area contributed by atoms with Crippen LogP contribution in [0.2, 0.25) is 0 Å². The van der Waals surface area contributed by atoms with Crippen LogP contribution in [0.3, 0.4) is 0 Å². The number of aromatic nitrogens is 1. The van der Waals surface area contributed by atoms with Crippen molar-refractivity contribution in [3.63, 3.8) is 0 Å². The summed E-state index contributed by atoms with van der Waals surface area (Å²) < 4.78 is 7.99. The number of nitrogens with zero attached hydrogens (tertiary/aromatic N) is 1. The average molecular weight is 491 g/mol. The summed E-state index contributed by atoms with van der Waals surface area (Å²) in [6.45, 7) is 0. The Morgan fingerprint density at radius 2 is 2.00 bits per heavy atom. The maximum absolute atomic E-state index is 10.4. The molecule has 0 atom stereocenters. The van der Waals surface area contributed by atoms with Gasteiger partial charge < -0.3 is 9.73 Å². The highest BCUT2D eigenvalue weighted by Gasteiger charge is 2.69. The molecule has 152 valence electrons. The second-order valence-corrected chi connectivity index (χ2v) is 11.6. The molecule has 4 nitrogen and oxygen atoms in total. The van der Waals surface area contributed by atoms with Crippen LogP contribution in [0.15, 0.2) is 39.2 Å². The minimum absolute atomic E-state index is 0.196. The van der Waals surface area contributed by atoms with E-state index in [9.17, 15) is 4.79 Å². The lowest BCUT2D eigenvalue weighted by Crippen LogP contribution is -2.75. The van der Waals surface area contributed by atoms with Gasteiger partial charge in [-0.15, -0.1) is 11.3 Å². The molecule has 1 N–H and O–H groups in total. The summed E-state index contributed by atoms with van der Waals surface area (Å²) in [7, 11) is 2.08. The van der Waals surface area contributed by atoms with E-state index in [0.717, 1.165) is 22.0 Å². The van der Waals surface area contributed by atoms with Crippen molar-refractivity contribution in [2.45, 2.75) is 47.8 Å². The number of rotatable bonds is 5. The van der Waals surface area contributed by atoms with Crippen molar-refractivity contribution >= 4 is 55.5 Å². The van der Waals surface area contributed by atoms with E-state index in [2.05, 4.69) is 52.7 Å². The summed E-state index contributed by atoms with van der Waals surface area (Å²) in [5, 5.41) is 4.80. The molecule has 0 spiro atoms. The number of benzene rings is 1. The molecule has 0 radical (unpaired) electrons. The standard InChI is InChI=1S/C13H13BrN2S.C9H10O2S/c1-15-13-5-12(6-13,7-13)11-16-9-4-8(14)2-3-10(9)17-11;1-12-9(4-5-9)8-3-2-7(6-10)11-8/h2-4,15H,5-7H2,1H3;2-3,6H,4-5H2,1H3. The molecule has 29 heavy (non-hydrogen) atoms. The zero-order chi connectivity index (χ0) is 20.3. The van der Waals surface area contributed by atoms with Gasteiger partial charge in [0.1, 0.15) is 10.8 Å². The number of fused-ring (bicyclic) bond motifs is 1. The van der Waals surface area contributed by atoms with Gasteiger partial charge in [0, 0.05) is 15.4 Å². The molecule has 0 aliphatic heterocycles. The van der Waals surface area contributed by atoms with Crippen molar-refractivity contribution in [3.05, 3.63) is 51.3 Å². The average Bonchev–Trinajstić information content (AvgIpc) is 3.11. The Hall–Kier alpha value is -1.15. The molecule has 4 aliphatic carbocycles. The first kappa shape index (κ1) is 19.8. The van der Waals surface area contributed by atoms with Gasteiger partial charge in [0.2, 0.25) is 0 Å². The van der Waals surface area contributed by atoms with E-state index in [1.807, 2.05) is 17.4 Å². The third kappa shape index (κ3) is 3.21. The Morgan fingerprint density at radius 3 is 2.59 bits per heavy atom. The lowest BCUT2D eigenvalue weighted by molar-refractivity contribution is -0.0830. The van der Waals surface area contributed by atoms with Crippen molar-refractivity contribution in [1.29, 1.82) is 0 Å². The van der Waals surface area contributed by atoms with Gasteiger partial charge >= 0.3 is 0 Å². The molecule has 7 heteroatoms. The van der Waals surface area contributed by atoms with Crippen molar-refractivity contribution in [2.24, 2.45) is 0 Å². The molecule has 0 amide bonds. The summed E-state index contributed by atoms with van der Waals surface area (Å²) in [6.07, 6.45) is 8.99. The van der Waals surface area contributed by atoms with Crippen LogP contribution < -0.4 is 5.32 Å². The van der Waals surface area contributed by atoms with Gasteiger partial charge in [-0.05, 0) is 75.7 Å². The highest BCUT2D eigenvalue weighted by atomic mass is 79.9. The molecule has 4 saturated carbocycles. The molecule has 0 unspecified atom stereocenters. The number of halogens is 1. The van der Waals surface area contributed by atoms with Crippen LogP contribution in [0.4, 0.5) is 0 Å². The number of hydrogen-bond acceptors (Lipinski definition) is 6. The van der Waals surface area contributed by atoms with Gasteiger partial charge in [0.05, 0.1) is 15.0 Å². The molecular weight excluding hydrogens is 468 g/mol. The summed E-state index contributed by atoms with van der Waals surface area (Å²) in [5.74, 6) is 1.39. The van der Waals surface area contributed by atoms with E-state index < -0.39 is 0 Å². The van der Waals surface area contributed by atoms with Gasteiger partial charge in [-0.3, -0.25) is 4.79 Å². The SMILES string of the molecule is CNC12CC(c3nc4cc(Br)ccc4s3)(C1)C2.CSC1(c2ccc(C=O)o2)CC1. The first-order valence-electron chi connectivity index (χ1n) is 9.82. The van der Waals surface area contributed by atoms with Crippen LogP contribution >= 0.6 is 39.0 Å². The number of thiazole rings is 1.